The Kier molecular flexibility index (Phi) is 9.44. The van der Waals surface area contributed by atoms with Crippen molar-refractivity contribution in [2.75, 3.05) is 31.7 Å². The lowest BCUT2D eigenvalue weighted by Crippen LogP contribution is -2.06. The highest BCUT2D eigenvalue weighted by atomic mass is 16.5. The average molecular weight is 357 g/mol. The van der Waals surface area contributed by atoms with Gasteiger partial charge >= 0.3 is 0 Å². The Labute approximate surface area is 157 Å². The monoisotopic (exact) mass is 357 g/mol. The number of nitrogens with one attached hydrogen (secondary N) is 1. The molecule has 0 aliphatic rings. The second-order valence-electron chi connectivity index (χ2n) is 6.12. The highest BCUT2D eigenvalue weighted by Gasteiger charge is 1.99. The van der Waals surface area contributed by atoms with Crippen LogP contribution in [-0.4, -0.2) is 26.4 Å². The van der Waals surface area contributed by atoms with Crippen LogP contribution in [0.3, 0.4) is 0 Å². The Balaban J connectivity index is 1.70. The van der Waals surface area contributed by atoms with Crippen LogP contribution in [-0.2, 0) is 11.3 Å². The summed E-state index contributed by atoms with van der Waals surface area (Å²) in [5.41, 5.74) is 2.30. The standard InChI is InChI=1S/C22H31NO3/c1-3-5-6-15-25-21-11-7-19(8-12-21)18-23-20-9-13-22(14-10-20)26-17-16-24-4-2/h7-14,23H,3-6,15-18H2,1-2H3. The topological polar surface area (TPSA) is 39.7 Å². The molecule has 2 aromatic carbocycles. The van der Waals surface area contributed by atoms with Gasteiger partial charge < -0.3 is 19.5 Å². The molecule has 4 nitrogen and oxygen atoms in total. The smallest absolute Gasteiger partial charge is 0.119 e. The third-order valence-electron chi connectivity index (χ3n) is 3.99. The molecule has 26 heavy (non-hydrogen) atoms. The van der Waals surface area contributed by atoms with Crippen LogP contribution in [0.25, 0.3) is 0 Å². The largest absolute Gasteiger partial charge is 0.494 e. The van der Waals surface area contributed by atoms with Gasteiger partial charge in [-0.3, -0.25) is 0 Å². The van der Waals surface area contributed by atoms with Crippen molar-refractivity contribution in [1.29, 1.82) is 0 Å². The first-order valence-electron chi connectivity index (χ1n) is 9.58. The number of ether oxygens (including phenoxy) is 3. The van der Waals surface area contributed by atoms with E-state index in [0.29, 0.717) is 13.2 Å². The molecule has 0 unspecified atom stereocenters. The summed E-state index contributed by atoms with van der Waals surface area (Å²) in [7, 11) is 0. The summed E-state index contributed by atoms with van der Waals surface area (Å²) >= 11 is 0. The Hall–Kier alpha value is -2.20. The number of hydrogen-bond acceptors (Lipinski definition) is 4. The molecule has 0 spiro atoms. The first-order valence-corrected chi connectivity index (χ1v) is 9.58. The summed E-state index contributed by atoms with van der Waals surface area (Å²) in [6.07, 6.45) is 3.55. The SMILES string of the molecule is CCCCCOc1ccc(CNc2ccc(OCCOCC)cc2)cc1. The molecule has 0 atom stereocenters. The van der Waals surface area contributed by atoms with Gasteiger partial charge in [-0.05, 0) is 55.3 Å². The maximum atomic E-state index is 5.74. The second-order valence-corrected chi connectivity index (χ2v) is 6.12. The van der Waals surface area contributed by atoms with Crippen LogP contribution in [0.15, 0.2) is 48.5 Å². The third kappa shape index (κ3) is 7.79. The minimum Gasteiger partial charge on any atom is -0.494 e. The van der Waals surface area contributed by atoms with Gasteiger partial charge in [0.05, 0.1) is 13.2 Å². The molecule has 0 radical (unpaired) electrons. The van der Waals surface area contributed by atoms with E-state index in [-0.39, 0.29) is 0 Å². The molecule has 2 aromatic rings. The Morgan fingerprint density at radius 1 is 0.731 bits per heavy atom. The van der Waals surface area contributed by atoms with Gasteiger partial charge in [0.15, 0.2) is 0 Å². The zero-order valence-corrected chi connectivity index (χ0v) is 16.0. The van der Waals surface area contributed by atoms with E-state index in [0.717, 1.165) is 43.4 Å². The maximum Gasteiger partial charge on any atom is 0.119 e. The summed E-state index contributed by atoms with van der Waals surface area (Å²) in [5.74, 6) is 1.80. The van der Waals surface area contributed by atoms with Gasteiger partial charge in [0.1, 0.15) is 18.1 Å². The molecule has 0 aliphatic carbocycles. The number of anilines is 1. The Morgan fingerprint density at radius 3 is 2.04 bits per heavy atom. The number of rotatable bonds is 13. The fourth-order valence-corrected chi connectivity index (χ4v) is 2.48. The highest BCUT2D eigenvalue weighted by molar-refractivity contribution is 5.47. The van der Waals surface area contributed by atoms with Gasteiger partial charge in [0, 0.05) is 18.8 Å². The van der Waals surface area contributed by atoms with Gasteiger partial charge in [-0.15, -0.1) is 0 Å². The minimum atomic E-state index is 0.577. The number of unbranched alkanes of at least 4 members (excludes halogenated alkanes) is 2. The fraction of sp³-hybridized carbons (Fsp3) is 0.455. The Bertz CT molecular complexity index is 540. The molecule has 0 heterocycles. The third-order valence-corrected chi connectivity index (χ3v) is 3.99. The van der Waals surface area contributed by atoms with Gasteiger partial charge in [-0.2, -0.15) is 0 Å². The van der Waals surface area contributed by atoms with Gasteiger partial charge in [-0.25, -0.2) is 0 Å². The van der Waals surface area contributed by atoms with E-state index in [1.54, 1.807) is 0 Å². The minimum absolute atomic E-state index is 0.577. The van der Waals surface area contributed by atoms with Crippen molar-refractivity contribution in [2.45, 2.75) is 39.7 Å². The zero-order valence-electron chi connectivity index (χ0n) is 16.0. The molecular weight excluding hydrogens is 326 g/mol. The molecular formula is C22H31NO3. The predicted molar refractivity (Wildman–Crippen MR) is 107 cm³/mol. The van der Waals surface area contributed by atoms with Crippen molar-refractivity contribution < 1.29 is 14.2 Å². The molecule has 0 aliphatic heterocycles. The van der Waals surface area contributed by atoms with E-state index in [4.69, 9.17) is 14.2 Å². The van der Waals surface area contributed by atoms with E-state index in [2.05, 4.69) is 24.4 Å². The lowest BCUT2D eigenvalue weighted by molar-refractivity contribution is 0.110. The van der Waals surface area contributed by atoms with Crippen molar-refractivity contribution in [3.8, 4) is 11.5 Å². The molecule has 0 saturated heterocycles. The van der Waals surface area contributed by atoms with Crippen LogP contribution in [0.2, 0.25) is 0 Å². The lowest BCUT2D eigenvalue weighted by atomic mass is 10.2. The number of hydrogen-bond donors (Lipinski definition) is 1. The molecule has 2 rings (SSSR count). The van der Waals surface area contributed by atoms with Crippen molar-refractivity contribution >= 4 is 5.69 Å². The van der Waals surface area contributed by atoms with E-state index in [9.17, 15) is 0 Å². The van der Waals surface area contributed by atoms with Crippen LogP contribution < -0.4 is 14.8 Å². The maximum absolute atomic E-state index is 5.74. The van der Waals surface area contributed by atoms with Gasteiger partial charge in [0.2, 0.25) is 0 Å². The summed E-state index contributed by atoms with van der Waals surface area (Å²) < 4.78 is 16.6. The fourth-order valence-electron chi connectivity index (χ4n) is 2.48. The molecule has 4 heteroatoms. The first-order chi connectivity index (χ1) is 12.8. The highest BCUT2D eigenvalue weighted by Crippen LogP contribution is 2.18. The van der Waals surface area contributed by atoms with Crippen LogP contribution >= 0.6 is 0 Å². The summed E-state index contributed by atoms with van der Waals surface area (Å²) in [4.78, 5) is 0. The molecule has 0 saturated carbocycles. The molecule has 0 bridgehead atoms. The summed E-state index contributed by atoms with van der Waals surface area (Å²) in [6.45, 7) is 7.67. The van der Waals surface area contributed by atoms with E-state index in [1.165, 1.54) is 18.4 Å². The van der Waals surface area contributed by atoms with Crippen molar-refractivity contribution in [3.05, 3.63) is 54.1 Å². The van der Waals surface area contributed by atoms with E-state index in [1.807, 2.05) is 43.3 Å². The van der Waals surface area contributed by atoms with E-state index >= 15 is 0 Å². The Morgan fingerprint density at radius 2 is 1.38 bits per heavy atom. The van der Waals surface area contributed by atoms with Crippen LogP contribution in [0.5, 0.6) is 11.5 Å². The quantitative estimate of drug-likeness (QED) is 0.495. The molecule has 142 valence electrons. The predicted octanol–water partition coefficient (Wildman–Crippen LogP) is 5.28. The molecule has 1 N–H and O–H groups in total. The summed E-state index contributed by atoms with van der Waals surface area (Å²) in [5, 5.41) is 3.42. The van der Waals surface area contributed by atoms with Crippen molar-refractivity contribution in [2.24, 2.45) is 0 Å². The van der Waals surface area contributed by atoms with Crippen molar-refractivity contribution in [1.82, 2.24) is 0 Å². The van der Waals surface area contributed by atoms with E-state index < -0.39 is 0 Å². The molecule has 0 aromatic heterocycles. The molecule has 0 fully saturated rings. The summed E-state index contributed by atoms with van der Waals surface area (Å²) in [6, 6.07) is 16.3. The van der Waals surface area contributed by atoms with Gasteiger partial charge in [0.25, 0.3) is 0 Å². The van der Waals surface area contributed by atoms with Gasteiger partial charge in [-0.1, -0.05) is 31.9 Å². The number of benzene rings is 2. The van der Waals surface area contributed by atoms with Crippen LogP contribution in [0, 0.1) is 0 Å². The molecule has 0 amide bonds. The second kappa shape index (κ2) is 12.2. The first kappa shape index (κ1) is 20.1. The normalized spacial score (nSPS) is 10.5. The van der Waals surface area contributed by atoms with Crippen LogP contribution in [0.1, 0.15) is 38.7 Å². The zero-order chi connectivity index (χ0) is 18.5. The van der Waals surface area contributed by atoms with Crippen molar-refractivity contribution in [3.63, 3.8) is 0 Å². The van der Waals surface area contributed by atoms with Crippen LogP contribution in [0.4, 0.5) is 5.69 Å². The average Bonchev–Trinajstić information content (AvgIpc) is 2.69. The lowest BCUT2D eigenvalue weighted by Gasteiger charge is -2.10.